The van der Waals surface area contributed by atoms with Crippen LogP contribution in [0.15, 0.2) is 12.1 Å². The predicted molar refractivity (Wildman–Crippen MR) is 53.0 cm³/mol. The number of ether oxygens (including phenoxy) is 1. The third-order valence-corrected chi connectivity index (χ3v) is 2.11. The highest BCUT2D eigenvalue weighted by atomic mass is 16.5. The van der Waals surface area contributed by atoms with Gasteiger partial charge in [-0.05, 0) is 12.1 Å². The average molecular weight is 228 g/mol. The Labute approximate surface area is 91.3 Å². The second kappa shape index (κ2) is 4.71. The van der Waals surface area contributed by atoms with Crippen molar-refractivity contribution in [1.82, 2.24) is 0 Å². The average Bonchev–Trinajstić information content (AvgIpc) is 2.25. The molecule has 88 valence electrons. The summed E-state index contributed by atoms with van der Waals surface area (Å²) >= 11 is 0. The molecule has 0 aromatic heterocycles. The van der Waals surface area contributed by atoms with Crippen molar-refractivity contribution in [2.24, 2.45) is 0 Å². The Morgan fingerprint density at radius 1 is 1.31 bits per heavy atom. The van der Waals surface area contributed by atoms with E-state index in [0.29, 0.717) is 0 Å². The Morgan fingerprint density at radius 3 is 2.50 bits per heavy atom. The van der Waals surface area contributed by atoms with Gasteiger partial charge in [0, 0.05) is 5.56 Å². The number of carbonyl (C=O) groups is 1. The van der Waals surface area contributed by atoms with Crippen LogP contribution in [0.1, 0.15) is 18.1 Å². The van der Waals surface area contributed by atoms with E-state index in [9.17, 15) is 20.1 Å². The first-order valence-electron chi connectivity index (χ1n) is 4.46. The van der Waals surface area contributed by atoms with Crippen molar-refractivity contribution >= 4 is 5.97 Å². The fourth-order valence-electron chi connectivity index (χ4n) is 1.20. The number of phenolic OH excluding ortho intramolecular Hbond substituents is 3. The maximum absolute atomic E-state index is 10.9. The lowest BCUT2D eigenvalue weighted by atomic mass is 10.0. The van der Waals surface area contributed by atoms with Crippen LogP contribution in [0.2, 0.25) is 0 Å². The number of methoxy groups -OCH3 is 1. The first-order valence-corrected chi connectivity index (χ1v) is 4.46. The van der Waals surface area contributed by atoms with E-state index in [1.54, 1.807) is 0 Å². The molecule has 0 aliphatic carbocycles. The number of phenols is 3. The molecule has 0 saturated heterocycles. The quantitative estimate of drug-likeness (QED) is 0.440. The second-order valence-corrected chi connectivity index (χ2v) is 3.17. The van der Waals surface area contributed by atoms with E-state index in [1.807, 2.05) is 0 Å². The summed E-state index contributed by atoms with van der Waals surface area (Å²) < 4.78 is 4.34. The van der Waals surface area contributed by atoms with Gasteiger partial charge in [-0.25, -0.2) is 0 Å². The first kappa shape index (κ1) is 12.1. The van der Waals surface area contributed by atoms with E-state index in [4.69, 9.17) is 5.11 Å². The molecule has 16 heavy (non-hydrogen) atoms. The Bertz CT molecular complexity index is 401. The zero-order valence-corrected chi connectivity index (χ0v) is 8.54. The lowest BCUT2D eigenvalue weighted by molar-refractivity contribution is -0.142. The zero-order chi connectivity index (χ0) is 12.3. The van der Waals surface area contributed by atoms with Crippen molar-refractivity contribution in [3.05, 3.63) is 17.7 Å². The molecule has 0 amide bonds. The Balaban J connectivity index is 2.96. The van der Waals surface area contributed by atoms with Gasteiger partial charge < -0.3 is 25.2 Å². The molecule has 1 aromatic rings. The maximum atomic E-state index is 10.9. The zero-order valence-electron chi connectivity index (χ0n) is 8.54. The van der Waals surface area contributed by atoms with E-state index < -0.39 is 29.3 Å². The second-order valence-electron chi connectivity index (χ2n) is 3.17. The Hall–Kier alpha value is -1.95. The van der Waals surface area contributed by atoms with Crippen LogP contribution in [-0.2, 0) is 9.53 Å². The van der Waals surface area contributed by atoms with Crippen LogP contribution in [-0.4, -0.2) is 33.5 Å². The highest BCUT2D eigenvalue weighted by molar-refractivity contribution is 5.70. The van der Waals surface area contributed by atoms with Gasteiger partial charge in [-0.3, -0.25) is 4.79 Å². The van der Waals surface area contributed by atoms with Crippen LogP contribution < -0.4 is 0 Å². The fourth-order valence-corrected chi connectivity index (χ4v) is 1.20. The molecule has 0 heterocycles. The molecule has 0 aliphatic rings. The molecule has 0 radical (unpaired) electrons. The topological polar surface area (TPSA) is 107 Å². The molecule has 1 rings (SSSR count). The summed E-state index contributed by atoms with van der Waals surface area (Å²) in [5.41, 5.74) is -0.0549. The van der Waals surface area contributed by atoms with Gasteiger partial charge >= 0.3 is 5.97 Å². The molecule has 0 fully saturated rings. The molecular weight excluding hydrogens is 216 g/mol. The summed E-state index contributed by atoms with van der Waals surface area (Å²) in [5, 5.41) is 37.2. The highest BCUT2D eigenvalue weighted by Gasteiger charge is 2.20. The minimum absolute atomic E-state index is 0.0549. The number of esters is 1. The van der Waals surface area contributed by atoms with Crippen LogP contribution >= 0.6 is 0 Å². The monoisotopic (exact) mass is 228 g/mol. The number of aliphatic hydroxyl groups excluding tert-OH is 1. The molecule has 6 nitrogen and oxygen atoms in total. The third-order valence-electron chi connectivity index (χ3n) is 2.11. The van der Waals surface area contributed by atoms with Gasteiger partial charge in [-0.1, -0.05) is 0 Å². The first-order chi connectivity index (χ1) is 7.47. The van der Waals surface area contributed by atoms with Gasteiger partial charge in [0.2, 0.25) is 5.75 Å². The molecular formula is C10H12O6. The molecule has 0 unspecified atom stereocenters. The normalized spacial score (nSPS) is 12.1. The smallest absolute Gasteiger partial charge is 0.308 e. The van der Waals surface area contributed by atoms with Crippen LogP contribution in [0.4, 0.5) is 0 Å². The summed E-state index contributed by atoms with van der Waals surface area (Å²) in [7, 11) is 1.17. The van der Waals surface area contributed by atoms with E-state index in [0.717, 1.165) is 6.07 Å². The molecule has 0 aliphatic heterocycles. The standard InChI is InChI=1S/C10H12O6/c1-16-8(13)4-7(12)5-2-3-6(11)10(15)9(5)14/h2-3,7,11-12,14-15H,4H2,1H3/t7-/m1/s1. The van der Waals surface area contributed by atoms with E-state index in [-0.39, 0.29) is 12.0 Å². The van der Waals surface area contributed by atoms with Crippen LogP contribution in [0.3, 0.4) is 0 Å². The van der Waals surface area contributed by atoms with Crippen LogP contribution in [0, 0.1) is 0 Å². The van der Waals surface area contributed by atoms with E-state index >= 15 is 0 Å². The lowest BCUT2D eigenvalue weighted by Crippen LogP contribution is -2.08. The van der Waals surface area contributed by atoms with E-state index in [1.165, 1.54) is 13.2 Å². The van der Waals surface area contributed by atoms with Crippen molar-refractivity contribution < 1.29 is 30.0 Å². The number of hydrogen-bond donors (Lipinski definition) is 4. The van der Waals surface area contributed by atoms with E-state index in [2.05, 4.69) is 4.74 Å². The number of benzene rings is 1. The maximum Gasteiger partial charge on any atom is 0.308 e. The Kier molecular flexibility index (Phi) is 3.57. The molecule has 6 heteroatoms. The van der Waals surface area contributed by atoms with Gasteiger partial charge in [-0.2, -0.15) is 0 Å². The van der Waals surface area contributed by atoms with Crippen molar-refractivity contribution in [1.29, 1.82) is 0 Å². The van der Waals surface area contributed by atoms with Gasteiger partial charge in [0.05, 0.1) is 19.6 Å². The summed E-state index contributed by atoms with van der Waals surface area (Å²) in [6, 6.07) is 2.31. The summed E-state index contributed by atoms with van der Waals surface area (Å²) in [6.45, 7) is 0. The highest BCUT2D eigenvalue weighted by Crippen LogP contribution is 2.40. The molecule has 0 spiro atoms. The minimum Gasteiger partial charge on any atom is -0.504 e. The third kappa shape index (κ3) is 2.34. The summed E-state index contributed by atoms with van der Waals surface area (Å²) in [6.07, 6.45) is -1.66. The SMILES string of the molecule is COC(=O)C[C@@H](O)c1ccc(O)c(O)c1O. The minimum atomic E-state index is -1.31. The largest absolute Gasteiger partial charge is 0.504 e. The number of aromatic hydroxyl groups is 3. The molecule has 0 saturated carbocycles. The predicted octanol–water partition coefficient (Wildman–Crippen LogP) is 0.400. The number of carbonyl (C=O) groups excluding carboxylic acids is 1. The van der Waals surface area contributed by atoms with Crippen LogP contribution in [0.5, 0.6) is 17.2 Å². The summed E-state index contributed by atoms with van der Waals surface area (Å²) in [4.78, 5) is 10.9. The number of rotatable bonds is 3. The van der Waals surface area contributed by atoms with Gasteiger partial charge in [0.1, 0.15) is 0 Å². The lowest BCUT2D eigenvalue weighted by Gasteiger charge is -2.12. The molecule has 1 aromatic carbocycles. The van der Waals surface area contributed by atoms with Gasteiger partial charge in [-0.15, -0.1) is 0 Å². The van der Waals surface area contributed by atoms with Crippen molar-refractivity contribution in [2.75, 3.05) is 7.11 Å². The fraction of sp³-hybridized carbons (Fsp3) is 0.300. The van der Waals surface area contributed by atoms with Gasteiger partial charge in [0.25, 0.3) is 0 Å². The van der Waals surface area contributed by atoms with Crippen molar-refractivity contribution in [3.63, 3.8) is 0 Å². The molecule has 0 bridgehead atoms. The summed E-state index contributed by atoms with van der Waals surface area (Å²) in [5.74, 6) is -2.55. The van der Waals surface area contributed by atoms with Crippen molar-refractivity contribution in [2.45, 2.75) is 12.5 Å². The van der Waals surface area contributed by atoms with Crippen LogP contribution in [0.25, 0.3) is 0 Å². The Morgan fingerprint density at radius 2 is 1.94 bits per heavy atom. The molecule has 1 atom stereocenters. The number of aliphatic hydroxyl groups is 1. The van der Waals surface area contributed by atoms with Gasteiger partial charge in [0.15, 0.2) is 11.5 Å². The molecule has 4 N–H and O–H groups in total. The van der Waals surface area contributed by atoms with Crippen molar-refractivity contribution in [3.8, 4) is 17.2 Å². The number of hydrogen-bond acceptors (Lipinski definition) is 6.